The SMILES string of the molecule is CC.CC#Cc1cccc(CNCCS(C)=O)c1. The van der Waals surface area contributed by atoms with E-state index in [1.807, 2.05) is 32.9 Å². The Labute approximate surface area is 114 Å². The van der Waals surface area contributed by atoms with Gasteiger partial charge in [0, 0.05) is 41.5 Å². The molecule has 0 aliphatic carbocycles. The Kier molecular flexibility index (Phi) is 10.3. The maximum Gasteiger partial charge on any atom is 0.0357 e. The van der Waals surface area contributed by atoms with Crippen LogP contribution in [0.2, 0.25) is 0 Å². The number of rotatable bonds is 5. The predicted octanol–water partition coefficient (Wildman–Crippen LogP) is 2.55. The van der Waals surface area contributed by atoms with Crippen molar-refractivity contribution in [2.24, 2.45) is 0 Å². The van der Waals surface area contributed by atoms with Crippen LogP contribution in [0.1, 0.15) is 31.9 Å². The number of benzene rings is 1. The third-order valence-electron chi connectivity index (χ3n) is 2.09. The van der Waals surface area contributed by atoms with Gasteiger partial charge in [0.2, 0.25) is 0 Å². The largest absolute Gasteiger partial charge is 0.312 e. The first kappa shape index (κ1) is 16.9. The Bertz CT molecular complexity index is 418. The highest BCUT2D eigenvalue weighted by molar-refractivity contribution is 7.84. The minimum atomic E-state index is -0.716. The number of nitrogens with one attached hydrogen (secondary N) is 1. The van der Waals surface area contributed by atoms with Gasteiger partial charge in [-0.3, -0.25) is 4.21 Å². The van der Waals surface area contributed by atoms with Gasteiger partial charge in [0.25, 0.3) is 0 Å². The maximum atomic E-state index is 10.8. The lowest BCUT2D eigenvalue weighted by Crippen LogP contribution is -2.19. The molecule has 2 nitrogen and oxygen atoms in total. The molecule has 1 atom stereocenters. The van der Waals surface area contributed by atoms with Crippen molar-refractivity contribution in [3.63, 3.8) is 0 Å². The second kappa shape index (κ2) is 11.0. The molecule has 3 heteroatoms. The van der Waals surface area contributed by atoms with Crippen molar-refractivity contribution < 1.29 is 4.21 Å². The summed E-state index contributed by atoms with van der Waals surface area (Å²) < 4.78 is 10.8. The Morgan fingerprint density at radius 2 is 2.06 bits per heavy atom. The fraction of sp³-hybridized carbons (Fsp3) is 0.467. The Balaban J connectivity index is 0.00000137. The number of hydrogen-bond donors (Lipinski definition) is 1. The smallest absolute Gasteiger partial charge is 0.0357 e. The minimum Gasteiger partial charge on any atom is -0.312 e. The molecular weight excluding hydrogens is 242 g/mol. The van der Waals surface area contributed by atoms with Crippen LogP contribution in [0.5, 0.6) is 0 Å². The van der Waals surface area contributed by atoms with Crippen LogP contribution < -0.4 is 5.32 Å². The van der Waals surface area contributed by atoms with E-state index in [9.17, 15) is 4.21 Å². The summed E-state index contributed by atoms with van der Waals surface area (Å²) >= 11 is 0. The quantitative estimate of drug-likeness (QED) is 0.655. The summed E-state index contributed by atoms with van der Waals surface area (Å²) in [5.41, 5.74) is 2.25. The molecule has 0 spiro atoms. The van der Waals surface area contributed by atoms with Crippen LogP contribution in [0.3, 0.4) is 0 Å². The molecule has 1 N–H and O–H groups in total. The first-order valence-corrected chi connectivity index (χ1v) is 7.97. The van der Waals surface area contributed by atoms with E-state index in [1.165, 1.54) is 5.56 Å². The first-order valence-electron chi connectivity index (χ1n) is 6.25. The van der Waals surface area contributed by atoms with Crippen LogP contribution in [0.25, 0.3) is 0 Å². The van der Waals surface area contributed by atoms with Gasteiger partial charge in [-0.1, -0.05) is 31.9 Å². The van der Waals surface area contributed by atoms with E-state index in [2.05, 4.69) is 29.3 Å². The van der Waals surface area contributed by atoms with Gasteiger partial charge in [0.1, 0.15) is 0 Å². The van der Waals surface area contributed by atoms with Crippen molar-refractivity contribution in [3.8, 4) is 11.8 Å². The fourth-order valence-corrected chi connectivity index (χ4v) is 1.78. The zero-order valence-corrected chi connectivity index (χ0v) is 12.6. The van der Waals surface area contributed by atoms with Crippen molar-refractivity contribution in [1.29, 1.82) is 0 Å². The van der Waals surface area contributed by atoms with Gasteiger partial charge in [-0.15, -0.1) is 5.92 Å². The van der Waals surface area contributed by atoms with Crippen LogP contribution in [0.4, 0.5) is 0 Å². The second-order valence-electron chi connectivity index (χ2n) is 3.53. The van der Waals surface area contributed by atoms with E-state index in [0.29, 0.717) is 5.75 Å². The average Bonchev–Trinajstić information content (AvgIpc) is 2.38. The lowest BCUT2D eigenvalue weighted by Gasteiger charge is -2.04. The molecule has 0 heterocycles. The molecule has 0 bridgehead atoms. The summed E-state index contributed by atoms with van der Waals surface area (Å²) in [6.45, 7) is 7.42. The Morgan fingerprint density at radius 1 is 1.33 bits per heavy atom. The van der Waals surface area contributed by atoms with E-state index in [1.54, 1.807) is 6.26 Å². The normalized spacial score (nSPS) is 10.7. The third kappa shape index (κ3) is 8.05. The van der Waals surface area contributed by atoms with E-state index in [0.717, 1.165) is 18.7 Å². The van der Waals surface area contributed by atoms with E-state index >= 15 is 0 Å². The van der Waals surface area contributed by atoms with Crippen molar-refractivity contribution in [2.45, 2.75) is 27.3 Å². The van der Waals surface area contributed by atoms with E-state index < -0.39 is 10.8 Å². The van der Waals surface area contributed by atoms with Crippen LogP contribution in [-0.2, 0) is 17.3 Å². The summed E-state index contributed by atoms with van der Waals surface area (Å²) in [6, 6.07) is 8.15. The molecule has 0 amide bonds. The maximum absolute atomic E-state index is 10.8. The van der Waals surface area contributed by atoms with Gasteiger partial charge >= 0.3 is 0 Å². The zero-order chi connectivity index (χ0) is 13.8. The van der Waals surface area contributed by atoms with Gasteiger partial charge in [-0.05, 0) is 24.6 Å². The highest BCUT2D eigenvalue weighted by Crippen LogP contribution is 2.03. The molecule has 0 radical (unpaired) electrons. The van der Waals surface area contributed by atoms with Crippen LogP contribution >= 0.6 is 0 Å². The van der Waals surface area contributed by atoms with Crippen molar-refractivity contribution >= 4 is 10.8 Å². The molecule has 1 aromatic rings. The van der Waals surface area contributed by atoms with Crippen LogP contribution in [0.15, 0.2) is 24.3 Å². The summed E-state index contributed by atoms with van der Waals surface area (Å²) in [4.78, 5) is 0. The van der Waals surface area contributed by atoms with Gasteiger partial charge in [-0.2, -0.15) is 0 Å². The standard InChI is InChI=1S/C13H17NOS.C2H6/c1-3-5-12-6-4-7-13(10-12)11-14-8-9-16(2)15;1-2/h4,6-7,10,14H,8-9,11H2,1-2H3;1-2H3. The molecule has 1 unspecified atom stereocenters. The molecule has 0 aliphatic heterocycles. The van der Waals surface area contributed by atoms with Gasteiger partial charge in [0.15, 0.2) is 0 Å². The lowest BCUT2D eigenvalue weighted by molar-refractivity contribution is 0.676. The monoisotopic (exact) mass is 265 g/mol. The molecule has 0 aromatic heterocycles. The van der Waals surface area contributed by atoms with Crippen LogP contribution in [-0.4, -0.2) is 22.8 Å². The van der Waals surface area contributed by atoms with Crippen molar-refractivity contribution in [1.82, 2.24) is 5.32 Å². The van der Waals surface area contributed by atoms with Gasteiger partial charge in [0.05, 0.1) is 0 Å². The minimum absolute atomic E-state index is 0.703. The predicted molar refractivity (Wildman–Crippen MR) is 81.0 cm³/mol. The topological polar surface area (TPSA) is 29.1 Å². The second-order valence-corrected chi connectivity index (χ2v) is 5.08. The fourth-order valence-electron chi connectivity index (χ4n) is 1.35. The van der Waals surface area contributed by atoms with E-state index in [-0.39, 0.29) is 0 Å². The molecule has 0 aliphatic rings. The van der Waals surface area contributed by atoms with Crippen molar-refractivity contribution in [3.05, 3.63) is 35.4 Å². The molecule has 0 saturated carbocycles. The zero-order valence-electron chi connectivity index (χ0n) is 11.7. The Morgan fingerprint density at radius 3 is 2.67 bits per heavy atom. The van der Waals surface area contributed by atoms with Crippen molar-refractivity contribution in [2.75, 3.05) is 18.6 Å². The molecular formula is C15H23NOS. The highest BCUT2D eigenvalue weighted by atomic mass is 32.2. The molecule has 1 aromatic carbocycles. The molecule has 100 valence electrons. The molecule has 1 rings (SSSR count). The van der Waals surface area contributed by atoms with E-state index in [4.69, 9.17) is 0 Å². The summed E-state index contributed by atoms with van der Waals surface area (Å²) in [7, 11) is -0.716. The number of hydrogen-bond acceptors (Lipinski definition) is 2. The Hall–Kier alpha value is -1.11. The molecule has 0 fully saturated rings. The highest BCUT2D eigenvalue weighted by Gasteiger charge is 1.95. The average molecular weight is 265 g/mol. The van der Waals surface area contributed by atoms with Gasteiger partial charge < -0.3 is 5.32 Å². The van der Waals surface area contributed by atoms with Gasteiger partial charge in [-0.25, -0.2) is 0 Å². The summed E-state index contributed by atoms with van der Waals surface area (Å²) in [5, 5.41) is 3.26. The van der Waals surface area contributed by atoms with Crippen LogP contribution in [0, 0.1) is 11.8 Å². The molecule has 18 heavy (non-hydrogen) atoms. The first-order chi connectivity index (χ1) is 8.72. The summed E-state index contributed by atoms with van der Waals surface area (Å²) in [6.07, 6.45) is 1.72. The summed E-state index contributed by atoms with van der Waals surface area (Å²) in [5.74, 6) is 6.62. The molecule has 0 saturated heterocycles. The lowest BCUT2D eigenvalue weighted by atomic mass is 10.1. The third-order valence-corrected chi connectivity index (χ3v) is 2.87.